The van der Waals surface area contributed by atoms with Crippen LogP contribution in [0.25, 0.3) is 39.2 Å². The monoisotopic (exact) mass is 439 g/mol. The van der Waals surface area contributed by atoms with Crippen molar-refractivity contribution in [2.45, 2.75) is 13.5 Å². The Morgan fingerprint density at radius 3 is 2.91 bits per heavy atom. The van der Waals surface area contributed by atoms with Gasteiger partial charge in [-0.1, -0.05) is 12.1 Å². The first-order valence-corrected chi connectivity index (χ1v) is 10.3. The number of aromatic amines is 2. The molecule has 3 N–H and O–H groups in total. The molecule has 0 aliphatic rings. The second kappa shape index (κ2) is 7.52. The van der Waals surface area contributed by atoms with Crippen LogP contribution in [0, 0.1) is 12.7 Å². The summed E-state index contributed by atoms with van der Waals surface area (Å²) in [7, 11) is 0. The lowest BCUT2D eigenvalue weighted by atomic mass is 10.0. The van der Waals surface area contributed by atoms with E-state index in [1.165, 1.54) is 12.4 Å². The predicted octanol–water partition coefficient (Wildman–Crippen LogP) is 4.12. The fraction of sp³-hybridized carbons (Fsp3) is 0.0870. The molecule has 0 spiro atoms. The summed E-state index contributed by atoms with van der Waals surface area (Å²) in [6.07, 6.45) is 8.51. The molecule has 0 fully saturated rings. The molecule has 0 amide bonds. The molecule has 5 heterocycles. The highest BCUT2D eigenvalue weighted by atomic mass is 19.1. The molecule has 6 rings (SSSR count). The molecule has 0 aliphatic heterocycles. The van der Waals surface area contributed by atoms with Gasteiger partial charge < -0.3 is 10.3 Å². The van der Waals surface area contributed by atoms with Gasteiger partial charge in [-0.25, -0.2) is 23.9 Å². The number of H-pyrrole nitrogens is 2. The summed E-state index contributed by atoms with van der Waals surface area (Å²) in [6.45, 7) is 2.28. The number of aromatic nitrogens is 8. The van der Waals surface area contributed by atoms with Gasteiger partial charge in [-0.15, -0.1) is 0 Å². The van der Waals surface area contributed by atoms with E-state index in [1.54, 1.807) is 29.2 Å². The molecule has 0 saturated carbocycles. The van der Waals surface area contributed by atoms with Crippen molar-refractivity contribution in [3.05, 3.63) is 78.4 Å². The highest BCUT2D eigenvalue weighted by molar-refractivity contribution is 5.91. The molecule has 0 unspecified atom stereocenters. The number of hydrogen-bond donors (Lipinski definition) is 3. The Kier molecular flexibility index (Phi) is 4.35. The van der Waals surface area contributed by atoms with Gasteiger partial charge in [-0.2, -0.15) is 10.2 Å². The SMILES string of the molecule is Cc1cc2c(NCc3ccc(-c4ccnc5[nH]c(-c6cn[nH]c6)nc45)cc3F)ncnn2c1. The van der Waals surface area contributed by atoms with E-state index >= 15 is 4.39 Å². The van der Waals surface area contributed by atoms with E-state index in [4.69, 9.17) is 0 Å². The van der Waals surface area contributed by atoms with Crippen LogP contribution in [-0.4, -0.2) is 39.7 Å². The van der Waals surface area contributed by atoms with E-state index in [0.29, 0.717) is 34.9 Å². The molecule has 1 aromatic carbocycles. The molecule has 0 aliphatic carbocycles. The van der Waals surface area contributed by atoms with Crippen molar-refractivity contribution in [3.63, 3.8) is 0 Å². The summed E-state index contributed by atoms with van der Waals surface area (Å²) in [4.78, 5) is 16.5. The zero-order valence-electron chi connectivity index (χ0n) is 17.5. The first-order chi connectivity index (χ1) is 16.2. The summed E-state index contributed by atoms with van der Waals surface area (Å²) >= 11 is 0. The van der Waals surface area contributed by atoms with Gasteiger partial charge in [-0.05, 0) is 36.2 Å². The largest absolute Gasteiger partial charge is 0.364 e. The predicted molar refractivity (Wildman–Crippen MR) is 122 cm³/mol. The number of nitrogens with zero attached hydrogens (tertiary/aromatic N) is 6. The normalized spacial score (nSPS) is 11.5. The summed E-state index contributed by atoms with van der Waals surface area (Å²) in [6, 6.07) is 9.00. The van der Waals surface area contributed by atoms with E-state index in [2.05, 4.69) is 40.5 Å². The van der Waals surface area contributed by atoms with Crippen LogP contribution in [-0.2, 0) is 6.54 Å². The number of hydrogen-bond acceptors (Lipinski definition) is 6. The van der Waals surface area contributed by atoms with Crippen LogP contribution in [0.4, 0.5) is 10.2 Å². The molecule has 10 heteroatoms. The van der Waals surface area contributed by atoms with E-state index in [0.717, 1.165) is 27.8 Å². The maximum atomic E-state index is 15.1. The number of pyridine rings is 1. The van der Waals surface area contributed by atoms with Gasteiger partial charge in [0.1, 0.15) is 29.0 Å². The Hall–Kier alpha value is -4.60. The molecule has 33 heavy (non-hydrogen) atoms. The van der Waals surface area contributed by atoms with Gasteiger partial charge in [0.2, 0.25) is 0 Å². The van der Waals surface area contributed by atoms with E-state index in [-0.39, 0.29) is 5.82 Å². The molecular weight excluding hydrogens is 421 g/mol. The third kappa shape index (κ3) is 3.37. The van der Waals surface area contributed by atoms with Gasteiger partial charge >= 0.3 is 0 Å². The molecule has 0 radical (unpaired) electrons. The van der Waals surface area contributed by atoms with Crippen molar-refractivity contribution in [3.8, 4) is 22.5 Å². The van der Waals surface area contributed by atoms with Gasteiger partial charge in [-0.3, -0.25) is 5.10 Å². The van der Waals surface area contributed by atoms with Crippen LogP contribution in [0.5, 0.6) is 0 Å². The van der Waals surface area contributed by atoms with Crippen LogP contribution in [0.2, 0.25) is 0 Å². The molecule has 0 bridgehead atoms. The van der Waals surface area contributed by atoms with Crippen molar-refractivity contribution >= 4 is 22.5 Å². The van der Waals surface area contributed by atoms with Gasteiger partial charge in [0.15, 0.2) is 11.5 Å². The van der Waals surface area contributed by atoms with Gasteiger partial charge in [0.05, 0.1) is 11.8 Å². The Morgan fingerprint density at radius 2 is 2.06 bits per heavy atom. The van der Waals surface area contributed by atoms with E-state index < -0.39 is 0 Å². The smallest absolute Gasteiger partial charge is 0.158 e. The number of nitrogens with one attached hydrogen (secondary N) is 3. The van der Waals surface area contributed by atoms with Crippen molar-refractivity contribution < 1.29 is 4.39 Å². The zero-order chi connectivity index (χ0) is 22.4. The minimum absolute atomic E-state index is 0.293. The minimum atomic E-state index is -0.313. The molecule has 5 aromatic heterocycles. The van der Waals surface area contributed by atoms with Crippen LogP contribution in [0.1, 0.15) is 11.1 Å². The average Bonchev–Trinajstić information content (AvgIpc) is 3.56. The van der Waals surface area contributed by atoms with Crippen LogP contribution >= 0.6 is 0 Å². The molecule has 0 saturated heterocycles. The lowest BCUT2D eigenvalue weighted by molar-refractivity contribution is 0.613. The highest BCUT2D eigenvalue weighted by Crippen LogP contribution is 2.29. The maximum Gasteiger partial charge on any atom is 0.158 e. The number of rotatable bonds is 5. The third-order valence-electron chi connectivity index (χ3n) is 5.51. The van der Waals surface area contributed by atoms with E-state index in [1.807, 2.05) is 31.3 Å². The summed E-state index contributed by atoms with van der Waals surface area (Å²) < 4.78 is 16.8. The number of fused-ring (bicyclic) bond motifs is 2. The Bertz CT molecular complexity index is 1600. The lowest BCUT2D eigenvalue weighted by Gasteiger charge is -2.10. The first-order valence-electron chi connectivity index (χ1n) is 10.3. The zero-order valence-corrected chi connectivity index (χ0v) is 17.5. The fourth-order valence-corrected chi connectivity index (χ4v) is 3.89. The van der Waals surface area contributed by atoms with Crippen LogP contribution in [0.15, 0.2) is 61.4 Å². The van der Waals surface area contributed by atoms with Crippen LogP contribution in [0.3, 0.4) is 0 Å². The average molecular weight is 439 g/mol. The Balaban J connectivity index is 1.30. The second-order valence-corrected chi connectivity index (χ2v) is 7.74. The molecule has 6 aromatic rings. The van der Waals surface area contributed by atoms with E-state index in [9.17, 15) is 0 Å². The standard InChI is InChI=1S/C23H18FN9/c1-13-6-19-22(27-12-30-33(19)11-13)26-8-15-3-2-14(7-18(15)24)17-4-5-25-23-20(17)31-21(32-23)16-9-28-29-10-16/h2-7,9-12H,8H2,1H3,(H,28,29)(H,25,31,32)(H,26,27,30). The lowest BCUT2D eigenvalue weighted by Crippen LogP contribution is -2.06. The third-order valence-corrected chi connectivity index (χ3v) is 5.51. The number of halogens is 1. The van der Waals surface area contributed by atoms with Crippen LogP contribution < -0.4 is 5.32 Å². The van der Waals surface area contributed by atoms with Gasteiger partial charge in [0, 0.05) is 36.3 Å². The number of anilines is 1. The number of aryl methyl sites for hydroxylation is 1. The van der Waals surface area contributed by atoms with Crippen molar-refractivity contribution in [2.75, 3.05) is 5.32 Å². The molecule has 0 atom stereocenters. The van der Waals surface area contributed by atoms with Crippen molar-refractivity contribution in [1.82, 2.24) is 39.7 Å². The van der Waals surface area contributed by atoms with Crippen molar-refractivity contribution in [2.24, 2.45) is 0 Å². The Morgan fingerprint density at radius 1 is 1.12 bits per heavy atom. The molecule has 9 nitrogen and oxygen atoms in total. The highest BCUT2D eigenvalue weighted by Gasteiger charge is 2.14. The maximum absolute atomic E-state index is 15.1. The fourth-order valence-electron chi connectivity index (χ4n) is 3.89. The van der Waals surface area contributed by atoms with Gasteiger partial charge in [0.25, 0.3) is 0 Å². The molecular formula is C23H18FN9. The Labute approximate surface area is 186 Å². The number of benzene rings is 1. The summed E-state index contributed by atoms with van der Waals surface area (Å²) in [5.41, 5.74) is 6.10. The topological polar surface area (TPSA) is 112 Å². The summed E-state index contributed by atoms with van der Waals surface area (Å²) in [5.74, 6) is 0.990. The molecule has 162 valence electrons. The van der Waals surface area contributed by atoms with Crippen molar-refractivity contribution in [1.29, 1.82) is 0 Å². The first kappa shape index (κ1) is 19.1. The number of imidazole rings is 1. The summed E-state index contributed by atoms with van der Waals surface area (Å²) in [5, 5.41) is 14.1. The quantitative estimate of drug-likeness (QED) is 0.373. The minimum Gasteiger partial charge on any atom is -0.364 e. The second-order valence-electron chi connectivity index (χ2n) is 7.74.